The fourth-order valence-electron chi connectivity index (χ4n) is 8.77. The second kappa shape index (κ2) is 10.5. The highest BCUT2D eigenvalue weighted by molar-refractivity contribution is 7.26. The van der Waals surface area contributed by atoms with Crippen molar-refractivity contribution in [1.82, 2.24) is 0 Å². The van der Waals surface area contributed by atoms with Gasteiger partial charge in [0, 0.05) is 36.9 Å². The van der Waals surface area contributed by atoms with Gasteiger partial charge in [0.1, 0.15) is 0 Å². The van der Waals surface area contributed by atoms with Gasteiger partial charge in [-0.05, 0) is 63.2 Å². The van der Waals surface area contributed by atoms with Crippen LogP contribution in [0.2, 0.25) is 0 Å². The van der Waals surface area contributed by atoms with E-state index in [-0.39, 0.29) is 6.17 Å². The Morgan fingerprint density at radius 3 is 2.00 bits per heavy atom. The van der Waals surface area contributed by atoms with E-state index < -0.39 is 5.41 Å². The van der Waals surface area contributed by atoms with Gasteiger partial charge in [-0.1, -0.05) is 140 Å². The van der Waals surface area contributed by atoms with Crippen molar-refractivity contribution in [3.8, 4) is 22.3 Å². The number of aliphatic imine (C=N–C) groups is 2. The summed E-state index contributed by atoms with van der Waals surface area (Å²) < 4.78 is 2.70. The average Bonchev–Trinajstić information content (AvgIpc) is 3.82. The Hall–Kier alpha value is -5.94. The van der Waals surface area contributed by atoms with Crippen LogP contribution in [-0.2, 0) is 5.41 Å². The molecule has 2 aliphatic carbocycles. The van der Waals surface area contributed by atoms with Crippen LogP contribution in [0.25, 0.3) is 42.4 Å². The topological polar surface area (TPSA) is 41.3 Å². The van der Waals surface area contributed by atoms with Crippen LogP contribution in [0, 0.1) is 0 Å². The summed E-state index contributed by atoms with van der Waals surface area (Å²) in [4.78, 5) is 10.4. The highest BCUT2D eigenvalue weighted by atomic mass is 32.1. The minimum atomic E-state index is -0.435. The van der Waals surface area contributed by atoms with Crippen molar-refractivity contribution < 1.29 is 5.32 Å². The zero-order chi connectivity index (χ0) is 32.8. The third kappa shape index (κ3) is 3.77. The number of hydrogen-bond acceptors (Lipinski definition) is 3. The molecule has 7 aromatic carbocycles. The van der Waals surface area contributed by atoms with Crippen LogP contribution in [0.4, 0.5) is 0 Å². The third-order valence-corrected chi connectivity index (χ3v) is 12.1. The molecular formula is C46H30N3S+. The summed E-state index contributed by atoms with van der Waals surface area (Å²) in [6.45, 7) is 0. The van der Waals surface area contributed by atoms with Crippen LogP contribution in [0.3, 0.4) is 0 Å². The molecule has 11 rings (SSSR count). The molecule has 2 unspecified atom stereocenters. The van der Waals surface area contributed by atoms with E-state index in [1.165, 1.54) is 70.2 Å². The molecule has 2 atom stereocenters. The number of thiophene rings is 1. The van der Waals surface area contributed by atoms with Gasteiger partial charge in [0.25, 0.3) is 0 Å². The average molecular weight is 657 g/mol. The number of nitrogens with zero attached hydrogens (tertiary/aromatic N) is 2. The predicted octanol–water partition coefficient (Wildman–Crippen LogP) is 9.87. The first kappa shape index (κ1) is 28.0. The van der Waals surface area contributed by atoms with Crippen LogP contribution in [0.15, 0.2) is 174 Å². The molecule has 0 amide bonds. The molecule has 8 aromatic rings. The fourth-order valence-corrected chi connectivity index (χ4v) is 10.0. The lowest BCUT2D eigenvalue weighted by Crippen LogP contribution is -2.90. The third-order valence-electron chi connectivity index (χ3n) is 10.9. The van der Waals surface area contributed by atoms with E-state index in [0.717, 1.165) is 22.8 Å². The summed E-state index contributed by atoms with van der Waals surface area (Å²) in [5.41, 5.74) is 13.6. The summed E-state index contributed by atoms with van der Waals surface area (Å²) in [5, 5.41) is 4.90. The van der Waals surface area contributed by atoms with Crippen molar-refractivity contribution >= 4 is 43.2 Å². The van der Waals surface area contributed by atoms with E-state index in [9.17, 15) is 0 Å². The first-order valence-electron chi connectivity index (χ1n) is 17.2. The van der Waals surface area contributed by atoms with E-state index >= 15 is 0 Å². The second-order valence-corrected chi connectivity index (χ2v) is 14.5. The Morgan fingerprint density at radius 2 is 1.18 bits per heavy atom. The SMILES string of the molecule is c1ccc(C2=NC(c3ccc4c(c3)C3(c5ccccc5-4)c4ccccc4-c4c3ccc3c4sc4ccccc43)[NH2+]C(c3ccccc3)=N2)cc1. The van der Waals surface area contributed by atoms with Gasteiger partial charge in [0.2, 0.25) is 12.0 Å². The van der Waals surface area contributed by atoms with Crippen LogP contribution < -0.4 is 5.32 Å². The van der Waals surface area contributed by atoms with Gasteiger partial charge < -0.3 is 0 Å². The van der Waals surface area contributed by atoms with Gasteiger partial charge in [0.15, 0.2) is 5.84 Å². The van der Waals surface area contributed by atoms with Crippen molar-refractivity contribution in [2.45, 2.75) is 11.6 Å². The van der Waals surface area contributed by atoms with Gasteiger partial charge >= 0.3 is 0 Å². The van der Waals surface area contributed by atoms with E-state index in [2.05, 4.69) is 163 Å². The maximum Gasteiger partial charge on any atom is 0.235 e. The molecule has 3 aliphatic rings. The maximum absolute atomic E-state index is 5.32. The van der Waals surface area contributed by atoms with Gasteiger partial charge in [0.05, 0.1) is 11.0 Å². The number of quaternary nitrogens is 1. The van der Waals surface area contributed by atoms with Crippen LogP contribution in [0.1, 0.15) is 45.1 Å². The molecular weight excluding hydrogens is 627 g/mol. The van der Waals surface area contributed by atoms with E-state index in [1.54, 1.807) is 0 Å². The highest BCUT2D eigenvalue weighted by Crippen LogP contribution is 2.64. The summed E-state index contributed by atoms with van der Waals surface area (Å²) in [6, 6.07) is 59.7. The molecule has 3 nitrogen and oxygen atoms in total. The molecule has 0 radical (unpaired) electrons. The number of nitrogens with two attached hydrogens (primary N) is 1. The molecule has 1 aliphatic heterocycles. The minimum Gasteiger partial charge on any atom is -0.272 e. The van der Waals surface area contributed by atoms with E-state index in [0.29, 0.717) is 0 Å². The smallest absolute Gasteiger partial charge is 0.235 e. The lowest BCUT2D eigenvalue weighted by atomic mass is 9.70. The molecule has 0 fully saturated rings. The second-order valence-electron chi connectivity index (χ2n) is 13.4. The Morgan fingerprint density at radius 1 is 0.520 bits per heavy atom. The van der Waals surface area contributed by atoms with Crippen molar-refractivity contribution in [3.05, 3.63) is 203 Å². The summed E-state index contributed by atoms with van der Waals surface area (Å²) in [7, 11) is 0. The lowest BCUT2D eigenvalue weighted by molar-refractivity contribution is -0.586. The quantitative estimate of drug-likeness (QED) is 0.197. The fraction of sp³-hybridized carbons (Fsp3) is 0.0435. The largest absolute Gasteiger partial charge is 0.272 e. The van der Waals surface area contributed by atoms with Crippen molar-refractivity contribution in [2.24, 2.45) is 9.98 Å². The highest BCUT2D eigenvalue weighted by Gasteiger charge is 2.52. The van der Waals surface area contributed by atoms with Crippen LogP contribution in [-0.4, -0.2) is 11.7 Å². The number of fused-ring (bicyclic) bond motifs is 14. The maximum atomic E-state index is 5.32. The summed E-state index contributed by atoms with van der Waals surface area (Å²) in [5.74, 6) is 1.71. The zero-order valence-corrected chi connectivity index (χ0v) is 27.9. The van der Waals surface area contributed by atoms with Crippen molar-refractivity contribution in [1.29, 1.82) is 0 Å². The number of benzene rings is 7. The summed E-state index contributed by atoms with van der Waals surface area (Å²) >= 11 is 1.92. The predicted molar refractivity (Wildman–Crippen MR) is 206 cm³/mol. The van der Waals surface area contributed by atoms with Gasteiger partial charge in [-0.3, -0.25) is 5.32 Å². The normalized spacial score (nSPS) is 18.4. The molecule has 1 aromatic heterocycles. The van der Waals surface area contributed by atoms with E-state index in [4.69, 9.17) is 9.98 Å². The Bertz CT molecular complexity index is 2740. The molecule has 0 bridgehead atoms. The Balaban J connectivity index is 1.16. The molecule has 1 spiro atoms. The van der Waals surface area contributed by atoms with Gasteiger partial charge in [-0.15, -0.1) is 11.3 Å². The summed E-state index contributed by atoms with van der Waals surface area (Å²) in [6.07, 6.45) is -0.190. The molecule has 0 saturated carbocycles. The number of amidine groups is 2. The molecule has 2 heterocycles. The van der Waals surface area contributed by atoms with Crippen molar-refractivity contribution in [2.75, 3.05) is 0 Å². The van der Waals surface area contributed by atoms with Crippen LogP contribution in [0.5, 0.6) is 0 Å². The van der Waals surface area contributed by atoms with Gasteiger partial charge in [-0.25, -0.2) is 4.99 Å². The molecule has 0 saturated heterocycles. The minimum absolute atomic E-state index is 0.190. The first-order chi connectivity index (χ1) is 24.8. The molecule has 2 N–H and O–H groups in total. The van der Waals surface area contributed by atoms with Gasteiger partial charge in [-0.2, -0.15) is 4.99 Å². The molecule has 50 heavy (non-hydrogen) atoms. The monoisotopic (exact) mass is 656 g/mol. The Kier molecular flexibility index (Phi) is 5.89. The zero-order valence-electron chi connectivity index (χ0n) is 27.0. The molecule has 4 heteroatoms. The van der Waals surface area contributed by atoms with Crippen LogP contribution >= 0.6 is 11.3 Å². The molecule has 234 valence electrons. The Labute approximate surface area is 294 Å². The van der Waals surface area contributed by atoms with Crippen molar-refractivity contribution in [3.63, 3.8) is 0 Å². The standard InChI is InChI=1S/C46H29N3S/c1-3-13-28(14-4-1)43-47-44(29-15-5-2-6-16-29)49-45(48-43)30-23-24-32-31-17-7-10-20-36(31)46(39(32)27-30)37-21-11-8-19-35(37)41-38(46)26-25-34-33-18-9-12-22-40(33)50-42(34)41/h1-27,45H,(H,47,48,49)/p+1. The van der Waals surface area contributed by atoms with E-state index in [1.807, 2.05) is 17.4 Å². The lowest BCUT2D eigenvalue weighted by Gasteiger charge is -2.31. The first-order valence-corrected chi connectivity index (χ1v) is 18.0. The number of rotatable bonds is 3. The number of hydrogen-bond donors (Lipinski definition) is 1.